The van der Waals surface area contributed by atoms with Crippen molar-refractivity contribution in [2.24, 2.45) is 0 Å². The molecular weight excluding hydrogens is 344 g/mol. The Morgan fingerprint density at radius 2 is 1.93 bits per heavy atom. The summed E-state index contributed by atoms with van der Waals surface area (Å²) in [5.74, 6) is 2.00. The highest BCUT2D eigenvalue weighted by Gasteiger charge is 2.23. The first kappa shape index (κ1) is 19.1. The minimum absolute atomic E-state index is 0.00324. The first-order valence-electron chi connectivity index (χ1n) is 9.01. The lowest BCUT2D eigenvalue weighted by Crippen LogP contribution is -2.17. The molecule has 0 saturated carbocycles. The quantitative estimate of drug-likeness (QED) is 0.807. The number of benzene rings is 2. The summed E-state index contributed by atoms with van der Waals surface area (Å²) in [5.41, 5.74) is 3.38. The number of ether oxygens (including phenoxy) is 3. The standard InChI is InChI=1S/C22H26O5/c1-13-9-19-20(27-14(13)2)8-5-15(22(19)24)10-16(12-23)18-7-6-17(25-3)11-21(18)26-4/h5-9,11,14,16,23-24H,10,12H2,1-4H3. The van der Waals surface area contributed by atoms with Crippen LogP contribution in [-0.2, 0) is 6.42 Å². The molecular formula is C22H26O5. The smallest absolute Gasteiger partial charge is 0.131 e. The van der Waals surface area contributed by atoms with Crippen molar-refractivity contribution >= 4 is 6.08 Å². The molecule has 0 aromatic heterocycles. The number of rotatable bonds is 6. The topological polar surface area (TPSA) is 68.2 Å². The van der Waals surface area contributed by atoms with Gasteiger partial charge in [0.25, 0.3) is 0 Å². The van der Waals surface area contributed by atoms with Gasteiger partial charge in [0.1, 0.15) is 29.1 Å². The number of phenolic OH excluding ortho intramolecular Hbond substituents is 1. The minimum Gasteiger partial charge on any atom is -0.507 e. The van der Waals surface area contributed by atoms with E-state index in [1.807, 2.05) is 44.2 Å². The van der Waals surface area contributed by atoms with Crippen molar-refractivity contribution in [1.29, 1.82) is 0 Å². The largest absolute Gasteiger partial charge is 0.507 e. The summed E-state index contributed by atoms with van der Waals surface area (Å²) in [6, 6.07) is 9.26. The third kappa shape index (κ3) is 3.74. The first-order chi connectivity index (χ1) is 13.0. The Kier molecular flexibility index (Phi) is 5.61. The van der Waals surface area contributed by atoms with Crippen LogP contribution in [0.5, 0.6) is 23.0 Å². The van der Waals surface area contributed by atoms with E-state index in [4.69, 9.17) is 14.2 Å². The highest BCUT2D eigenvalue weighted by Crippen LogP contribution is 2.40. The van der Waals surface area contributed by atoms with Gasteiger partial charge < -0.3 is 24.4 Å². The molecule has 0 amide bonds. The van der Waals surface area contributed by atoms with Gasteiger partial charge >= 0.3 is 0 Å². The molecule has 0 aliphatic carbocycles. The molecule has 5 heteroatoms. The van der Waals surface area contributed by atoms with Gasteiger partial charge in [-0.3, -0.25) is 0 Å². The number of fused-ring (bicyclic) bond motifs is 1. The second-order valence-electron chi connectivity index (χ2n) is 6.83. The van der Waals surface area contributed by atoms with Crippen LogP contribution in [0, 0.1) is 0 Å². The molecule has 0 radical (unpaired) electrons. The predicted molar refractivity (Wildman–Crippen MR) is 105 cm³/mol. The molecule has 144 valence electrons. The molecule has 2 unspecified atom stereocenters. The zero-order valence-electron chi connectivity index (χ0n) is 16.2. The van der Waals surface area contributed by atoms with Crippen LogP contribution < -0.4 is 14.2 Å². The second kappa shape index (κ2) is 7.92. The maximum absolute atomic E-state index is 10.8. The van der Waals surface area contributed by atoms with Gasteiger partial charge in [-0.05, 0) is 49.6 Å². The lowest BCUT2D eigenvalue weighted by atomic mass is 9.89. The van der Waals surface area contributed by atoms with Gasteiger partial charge in [0, 0.05) is 17.5 Å². The third-order valence-electron chi connectivity index (χ3n) is 5.14. The average molecular weight is 370 g/mol. The SMILES string of the molecule is COc1ccc(C(CO)Cc2ccc3c(c2O)C=C(C)C(C)O3)c(OC)c1. The van der Waals surface area contributed by atoms with Crippen molar-refractivity contribution in [1.82, 2.24) is 0 Å². The van der Waals surface area contributed by atoms with E-state index >= 15 is 0 Å². The molecule has 1 aliphatic heterocycles. The summed E-state index contributed by atoms with van der Waals surface area (Å²) in [4.78, 5) is 0. The molecule has 2 aromatic carbocycles. The van der Waals surface area contributed by atoms with Crippen molar-refractivity contribution in [2.75, 3.05) is 20.8 Å². The van der Waals surface area contributed by atoms with Crippen LogP contribution in [-0.4, -0.2) is 37.1 Å². The molecule has 0 spiro atoms. The van der Waals surface area contributed by atoms with E-state index in [-0.39, 0.29) is 24.4 Å². The van der Waals surface area contributed by atoms with Crippen molar-refractivity contribution in [3.05, 3.63) is 52.6 Å². The summed E-state index contributed by atoms with van der Waals surface area (Å²) < 4.78 is 16.6. The molecule has 1 aliphatic rings. The van der Waals surface area contributed by atoms with Gasteiger partial charge in [0.15, 0.2) is 0 Å². The number of methoxy groups -OCH3 is 2. The minimum atomic E-state index is -0.219. The molecule has 0 saturated heterocycles. The Morgan fingerprint density at radius 3 is 2.59 bits per heavy atom. The fourth-order valence-electron chi connectivity index (χ4n) is 3.36. The highest BCUT2D eigenvalue weighted by atomic mass is 16.5. The Labute approximate surface area is 159 Å². The molecule has 27 heavy (non-hydrogen) atoms. The molecule has 2 aromatic rings. The number of hydrogen-bond acceptors (Lipinski definition) is 5. The van der Waals surface area contributed by atoms with Gasteiger partial charge in [-0.2, -0.15) is 0 Å². The summed E-state index contributed by atoms with van der Waals surface area (Å²) in [5, 5.41) is 20.8. The van der Waals surface area contributed by atoms with Gasteiger partial charge in [0.2, 0.25) is 0 Å². The highest BCUT2D eigenvalue weighted by molar-refractivity contribution is 5.70. The molecule has 1 heterocycles. The van der Waals surface area contributed by atoms with E-state index in [1.54, 1.807) is 20.3 Å². The zero-order valence-corrected chi connectivity index (χ0v) is 16.2. The van der Waals surface area contributed by atoms with Crippen molar-refractivity contribution in [2.45, 2.75) is 32.3 Å². The van der Waals surface area contributed by atoms with Crippen LogP contribution in [0.4, 0.5) is 0 Å². The number of aliphatic hydroxyl groups excluding tert-OH is 1. The normalized spacial score (nSPS) is 16.8. The Bertz CT molecular complexity index is 856. The Morgan fingerprint density at radius 1 is 1.15 bits per heavy atom. The molecule has 2 atom stereocenters. The van der Waals surface area contributed by atoms with Crippen LogP contribution in [0.25, 0.3) is 6.08 Å². The van der Waals surface area contributed by atoms with Gasteiger partial charge in [-0.25, -0.2) is 0 Å². The number of aromatic hydroxyl groups is 1. The molecule has 3 rings (SSSR count). The lowest BCUT2D eigenvalue weighted by molar-refractivity contribution is 0.251. The maximum atomic E-state index is 10.8. The van der Waals surface area contributed by atoms with Crippen LogP contribution in [0.3, 0.4) is 0 Å². The zero-order chi connectivity index (χ0) is 19.6. The summed E-state index contributed by atoms with van der Waals surface area (Å²) in [7, 11) is 3.19. The maximum Gasteiger partial charge on any atom is 0.131 e. The van der Waals surface area contributed by atoms with Gasteiger partial charge in [-0.15, -0.1) is 0 Å². The van der Waals surface area contributed by atoms with E-state index < -0.39 is 0 Å². The second-order valence-corrected chi connectivity index (χ2v) is 6.83. The van der Waals surface area contributed by atoms with Crippen molar-refractivity contribution in [3.8, 4) is 23.0 Å². The molecule has 5 nitrogen and oxygen atoms in total. The summed E-state index contributed by atoms with van der Waals surface area (Å²) >= 11 is 0. The van der Waals surface area contributed by atoms with E-state index in [0.717, 1.165) is 16.7 Å². The lowest BCUT2D eigenvalue weighted by Gasteiger charge is -2.25. The van der Waals surface area contributed by atoms with E-state index in [0.29, 0.717) is 29.2 Å². The fourth-order valence-corrected chi connectivity index (χ4v) is 3.36. The molecule has 0 fully saturated rings. The Hall–Kier alpha value is -2.66. The third-order valence-corrected chi connectivity index (χ3v) is 5.14. The number of aliphatic hydroxyl groups is 1. The van der Waals surface area contributed by atoms with Gasteiger partial charge in [-0.1, -0.05) is 12.1 Å². The number of hydrogen-bond donors (Lipinski definition) is 2. The van der Waals surface area contributed by atoms with Crippen LogP contribution in [0.15, 0.2) is 35.9 Å². The van der Waals surface area contributed by atoms with Crippen molar-refractivity contribution in [3.63, 3.8) is 0 Å². The predicted octanol–water partition coefficient (Wildman–Crippen LogP) is 3.91. The Balaban J connectivity index is 1.94. The molecule has 0 bridgehead atoms. The van der Waals surface area contributed by atoms with E-state index in [9.17, 15) is 10.2 Å². The first-order valence-corrected chi connectivity index (χ1v) is 9.01. The van der Waals surface area contributed by atoms with Crippen LogP contribution >= 0.6 is 0 Å². The fraction of sp³-hybridized carbons (Fsp3) is 0.364. The van der Waals surface area contributed by atoms with Gasteiger partial charge in [0.05, 0.1) is 26.4 Å². The van der Waals surface area contributed by atoms with Crippen LogP contribution in [0.2, 0.25) is 0 Å². The van der Waals surface area contributed by atoms with Crippen LogP contribution in [0.1, 0.15) is 36.5 Å². The van der Waals surface area contributed by atoms with E-state index in [2.05, 4.69) is 0 Å². The van der Waals surface area contributed by atoms with Crippen molar-refractivity contribution < 1.29 is 24.4 Å². The molecule has 2 N–H and O–H groups in total. The number of phenols is 1. The monoisotopic (exact) mass is 370 g/mol. The average Bonchev–Trinajstić information content (AvgIpc) is 2.69. The summed E-state index contributed by atoms with van der Waals surface area (Å²) in [6.45, 7) is 3.90. The summed E-state index contributed by atoms with van der Waals surface area (Å²) in [6.07, 6.45) is 2.43. The van der Waals surface area contributed by atoms with E-state index in [1.165, 1.54) is 0 Å².